The first-order valence-corrected chi connectivity index (χ1v) is 10.5. The van der Waals surface area contributed by atoms with E-state index in [0.717, 1.165) is 12.1 Å². The number of carbonyl (C=O) groups is 1. The smallest absolute Gasteiger partial charge is 0.238 e. The number of oxazole rings is 1. The highest BCUT2D eigenvalue weighted by Crippen LogP contribution is 2.26. The van der Waals surface area contributed by atoms with Crippen LogP contribution in [0, 0.1) is 11.6 Å². The average molecular weight is 435 g/mol. The third-order valence-electron chi connectivity index (χ3n) is 4.41. The summed E-state index contributed by atoms with van der Waals surface area (Å²) in [5.74, 6) is -1.71. The Bertz CT molecular complexity index is 1140. The number of hydrogen-bond donors (Lipinski definition) is 2. The van der Waals surface area contributed by atoms with Crippen molar-refractivity contribution >= 4 is 15.9 Å². The summed E-state index contributed by atoms with van der Waals surface area (Å²) < 4.78 is 55.6. The summed E-state index contributed by atoms with van der Waals surface area (Å²) in [4.78, 5) is 16.1. The summed E-state index contributed by atoms with van der Waals surface area (Å²) in [6.07, 6.45) is 1.39. The minimum absolute atomic E-state index is 0.0178. The first-order valence-electron chi connectivity index (χ1n) is 8.96. The van der Waals surface area contributed by atoms with Crippen LogP contribution in [-0.2, 0) is 21.2 Å². The molecule has 0 bridgehead atoms. The molecule has 1 amide bonds. The minimum Gasteiger partial charge on any atom is -0.441 e. The van der Waals surface area contributed by atoms with Gasteiger partial charge in [-0.05, 0) is 36.8 Å². The molecule has 3 rings (SSSR count). The van der Waals surface area contributed by atoms with Crippen molar-refractivity contribution in [3.63, 3.8) is 0 Å². The molecule has 1 atom stereocenters. The molecule has 3 N–H and O–H groups in total. The predicted octanol–water partition coefficient (Wildman–Crippen LogP) is 3.08. The van der Waals surface area contributed by atoms with Gasteiger partial charge in [0.2, 0.25) is 15.9 Å². The molecule has 1 aromatic heterocycles. The van der Waals surface area contributed by atoms with Crippen molar-refractivity contribution in [3.05, 3.63) is 71.8 Å². The molecular weight excluding hydrogens is 416 g/mol. The van der Waals surface area contributed by atoms with Gasteiger partial charge in [0.15, 0.2) is 11.7 Å². The molecule has 3 aromatic rings. The minimum atomic E-state index is -3.78. The number of rotatable bonds is 7. The van der Waals surface area contributed by atoms with E-state index in [1.807, 2.05) is 0 Å². The summed E-state index contributed by atoms with van der Waals surface area (Å²) >= 11 is 0. The number of aryl methyl sites for hydroxylation is 1. The Morgan fingerprint density at radius 2 is 1.80 bits per heavy atom. The molecule has 0 aliphatic carbocycles. The van der Waals surface area contributed by atoms with Gasteiger partial charge in [-0.25, -0.2) is 27.3 Å². The topological polar surface area (TPSA) is 115 Å². The van der Waals surface area contributed by atoms with Crippen molar-refractivity contribution in [2.24, 2.45) is 5.14 Å². The van der Waals surface area contributed by atoms with Crippen molar-refractivity contribution in [3.8, 4) is 11.3 Å². The Balaban J connectivity index is 1.58. The molecule has 0 aliphatic heterocycles. The van der Waals surface area contributed by atoms with E-state index >= 15 is 0 Å². The van der Waals surface area contributed by atoms with Crippen molar-refractivity contribution in [1.29, 1.82) is 0 Å². The fraction of sp³-hybridized carbons (Fsp3) is 0.200. The van der Waals surface area contributed by atoms with Gasteiger partial charge in [0.1, 0.15) is 11.6 Å². The van der Waals surface area contributed by atoms with Gasteiger partial charge in [-0.1, -0.05) is 18.2 Å². The van der Waals surface area contributed by atoms with Crippen molar-refractivity contribution in [2.75, 3.05) is 0 Å². The van der Waals surface area contributed by atoms with Crippen LogP contribution in [0.3, 0.4) is 0 Å². The highest BCUT2D eigenvalue weighted by molar-refractivity contribution is 7.89. The summed E-state index contributed by atoms with van der Waals surface area (Å²) in [7, 11) is -3.78. The van der Waals surface area contributed by atoms with E-state index < -0.39 is 21.7 Å². The number of hydrogen-bond acceptors (Lipinski definition) is 5. The van der Waals surface area contributed by atoms with Gasteiger partial charge in [0, 0.05) is 12.8 Å². The zero-order chi connectivity index (χ0) is 21.9. The number of benzene rings is 2. The summed E-state index contributed by atoms with van der Waals surface area (Å²) in [5.41, 5.74) is 0.390. The van der Waals surface area contributed by atoms with E-state index in [-0.39, 0.29) is 46.9 Å². The molecule has 0 saturated carbocycles. The second kappa shape index (κ2) is 8.72. The lowest BCUT2D eigenvalue weighted by atomic mass is 10.1. The van der Waals surface area contributed by atoms with Crippen LogP contribution in [0.2, 0.25) is 0 Å². The van der Waals surface area contributed by atoms with E-state index in [0.29, 0.717) is 5.56 Å². The third-order valence-corrected chi connectivity index (χ3v) is 5.34. The molecule has 158 valence electrons. The monoisotopic (exact) mass is 435 g/mol. The number of nitrogens with zero attached hydrogens (tertiary/aromatic N) is 1. The molecule has 2 aromatic carbocycles. The maximum absolute atomic E-state index is 13.8. The normalized spacial score (nSPS) is 12.5. The summed E-state index contributed by atoms with van der Waals surface area (Å²) in [5, 5.41) is 7.83. The lowest BCUT2D eigenvalue weighted by Gasteiger charge is -2.14. The summed E-state index contributed by atoms with van der Waals surface area (Å²) in [6.45, 7) is 1.74. The van der Waals surface area contributed by atoms with Gasteiger partial charge in [0.25, 0.3) is 0 Å². The third kappa shape index (κ3) is 5.08. The number of primary sulfonamides is 1. The highest BCUT2D eigenvalue weighted by Gasteiger charge is 2.17. The van der Waals surface area contributed by atoms with Crippen LogP contribution in [-0.4, -0.2) is 19.3 Å². The number of nitrogens with one attached hydrogen (secondary N) is 1. The number of nitrogens with two attached hydrogens (primary N) is 1. The van der Waals surface area contributed by atoms with Gasteiger partial charge >= 0.3 is 0 Å². The Labute approximate surface area is 172 Å². The van der Waals surface area contributed by atoms with Crippen LogP contribution < -0.4 is 10.5 Å². The van der Waals surface area contributed by atoms with Crippen molar-refractivity contribution in [2.45, 2.75) is 30.7 Å². The first-order chi connectivity index (χ1) is 14.1. The van der Waals surface area contributed by atoms with Gasteiger partial charge in [-0.3, -0.25) is 4.79 Å². The molecule has 0 spiro atoms. The lowest BCUT2D eigenvalue weighted by Crippen LogP contribution is -2.26. The maximum atomic E-state index is 13.8. The zero-order valence-electron chi connectivity index (χ0n) is 15.9. The number of aromatic nitrogens is 1. The van der Waals surface area contributed by atoms with Gasteiger partial charge in [0.05, 0.1) is 22.7 Å². The second-order valence-corrected chi connectivity index (χ2v) is 8.18. The Morgan fingerprint density at radius 1 is 1.17 bits per heavy atom. The quantitative estimate of drug-likeness (QED) is 0.592. The van der Waals surface area contributed by atoms with E-state index in [2.05, 4.69) is 10.3 Å². The second-order valence-electron chi connectivity index (χ2n) is 6.62. The summed E-state index contributed by atoms with van der Waals surface area (Å²) in [6, 6.07) is 8.96. The molecule has 0 unspecified atom stereocenters. The lowest BCUT2D eigenvalue weighted by molar-refractivity contribution is -0.121. The average Bonchev–Trinajstić information content (AvgIpc) is 3.14. The van der Waals surface area contributed by atoms with Crippen LogP contribution in [0.4, 0.5) is 8.78 Å². The first kappa shape index (κ1) is 21.6. The number of carbonyl (C=O) groups excluding carboxylic acids is 1. The zero-order valence-corrected chi connectivity index (χ0v) is 16.7. The van der Waals surface area contributed by atoms with Crippen molar-refractivity contribution in [1.82, 2.24) is 10.3 Å². The van der Waals surface area contributed by atoms with E-state index in [1.165, 1.54) is 24.4 Å². The highest BCUT2D eigenvalue weighted by atomic mass is 32.2. The molecule has 30 heavy (non-hydrogen) atoms. The fourth-order valence-electron chi connectivity index (χ4n) is 2.84. The number of amides is 1. The Kier molecular flexibility index (Phi) is 6.28. The Hall–Kier alpha value is -3.11. The van der Waals surface area contributed by atoms with E-state index in [4.69, 9.17) is 9.56 Å². The van der Waals surface area contributed by atoms with E-state index in [1.54, 1.807) is 19.1 Å². The van der Waals surface area contributed by atoms with E-state index in [9.17, 15) is 22.0 Å². The van der Waals surface area contributed by atoms with Crippen LogP contribution in [0.15, 0.2) is 58.0 Å². The number of halogens is 2. The van der Waals surface area contributed by atoms with Gasteiger partial charge < -0.3 is 9.73 Å². The predicted molar refractivity (Wildman–Crippen MR) is 105 cm³/mol. The molecule has 0 radical (unpaired) electrons. The van der Waals surface area contributed by atoms with Gasteiger partial charge in [-0.2, -0.15) is 0 Å². The molecule has 0 aliphatic rings. The van der Waals surface area contributed by atoms with Crippen LogP contribution in [0.25, 0.3) is 11.3 Å². The molecule has 0 saturated heterocycles. The molecule has 7 nitrogen and oxygen atoms in total. The van der Waals surface area contributed by atoms with Gasteiger partial charge in [-0.15, -0.1) is 0 Å². The van der Waals surface area contributed by atoms with Crippen LogP contribution in [0.1, 0.15) is 30.8 Å². The largest absolute Gasteiger partial charge is 0.441 e. The van der Waals surface area contributed by atoms with Crippen LogP contribution >= 0.6 is 0 Å². The Morgan fingerprint density at radius 3 is 2.40 bits per heavy atom. The van der Waals surface area contributed by atoms with Crippen LogP contribution in [0.5, 0.6) is 0 Å². The standard InChI is InChI=1S/C20H19F2N3O4S/c1-12(13-5-7-14(8-6-13)30(23,27)28)25-18(26)9-10-19-24-11-17(29-19)20-15(21)3-2-4-16(20)22/h2-8,11-12H,9-10H2,1H3,(H,25,26)(H2,23,27,28)/t12-/m0/s1. The maximum Gasteiger partial charge on any atom is 0.238 e. The molecule has 0 fully saturated rings. The molecular formula is C20H19F2N3O4S. The molecule has 1 heterocycles. The SMILES string of the molecule is C[C@H](NC(=O)CCc1ncc(-c2c(F)cccc2F)o1)c1ccc(S(N)(=O)=O)cc1. The number of sulfonamides is 1. The van der Waals surface area contributed by atoms with Crippen molar-refractivity contribution < 1.29 is 26.4 Å². The fourth-order valence-corrected chi connectivity index (χ4v) is 3.35. The molecule has 10 heteroatoms.